The van der Waals surface area contributed by atoms with E-state index >= 15 is 0 Å². The number of aromatic amines is 1. The number of imidazole rings is 1. The molecular formula is C20H20N6S2. The Bertz CT molecular complexity index is 900. The highest BCUT2D eigenvalue weighted by molar-refractivity contribution is 8.01. The van der Waals surface area contributed by atoms with Crippen molar-refractivity contribution in [2.24, 2.45) is 20.7 Å². The van der Waals surface area contributed by atoms with E-state index in [0.717, 1.165) is 45.6 Å². The van der Waals surface area contributed by atoms with Gasteiger partial charge in [0.15, 0.2) is 5.16 Å². The van der Waals surface area contributed by atoms with Crippen molar-refractivity contribution in [1.82, 2.24) is 9.97 Å². The molecule has 28 heavy (non-hydrogen) atoms. The lowest BCUT2D eigenvalue weighted by Crippen LogP contribution is -2.10. The lowest BCUT2D eigenvalue weighted by Gasteiger charge is -2.11. The molecule has 0 saturated heterocycles. The van der Waals surface area contributed by atoms with Crippen LogP contribution in [0.4, 0.5) is 0 Å². The van der Waals surface area contributed by atoms with Gasteiger partial charge in [-0.2, -0.15) is 0 Å². The minimum absolute atomic E-state index is 0.545. The van der Waals surface area contributed by atoms with Crippen LogP contribution in [0, 0.1) is 0 Å². The zero-order valence-corrected chi connectivity index (χ0v) is 17.1. The standard InChI is InChI=1S/C20H20N6S2/c1-20(23-25-26-24-20)28-14-8-13-27-19-21-17(15-9-4-2-5-10-15)18(22-19)16-11-6-3-7-12-16/h2-7,9-12H,8,13-14H2,1H3,(H,21,22). The summed E-state index contributed by atoms with van der Waals surface area (Å²) < 4.78 is 0. The van der Waals surface area contributed by atoms with Crippen molar-refractivity contribution in [2.75, 3.05) is 11.5 Å². The molecule has 6 nitrogen and oxygen atoms in total. The fourth-order valence-electron chi connectivity index (χ4n) is 2.82. The summed E-state index contributed by atoms with van der Waals surface area (Å²) in [5, 5.41) is 16.2. The maximum atomic E-state index is 4.88. The van der Waals surface area contributed by atoms with Crippen molar-refractivity contribution in [3.8, 4) is 22.5 Å². The van der Waals surface area contributed by atoms with Crippen molar-refractivity contribution in [1.29, 1.82) is 0 Å². The molecule has 0 saturated carbocycles. The molecule has 0 bridgehead atoms. The van der Waals surface area contributed by atoms with Gasteiger partial charge in [0.2, 0.25) is 4.99 Å². The lowest BCUT2D eigenvalue weighted by molar-refractivity contribution is 0.709. The molecule has 0 aliphatic carbocycles. The molecule has 8 heteroatoms. The van der Waals surface area contributed by atoms with E-state index in [-0.39, 0.29) is 0 Å². The Kier molecular flexibility index (Phi) is 5.87. The van der Waals surface area contributed by atoms with Gasteiger partial charge >= 0.3 is 0 Å². The molecule has 2 heterocycles. The number of H-pyrrole nitrogens is 1. The Balaban J connectivity index is 1.44. The lowest BCUT2D eigenvalue weighted by atomic mass is 10.1. The molecule has 0 amide bonds. The zero-order chi connectivity index (χ0) is 19.2. The normalized spacial score (nSPS) is 14.6. The van der Waals surface area contributed by atoms with Gasteiger partial charge in [-0.05, 0) is 29.5 Å². The number of thioether (sulfide) groups is 2. The quantitative estimate of drug-likeness (QED) is 0.343. The Morgan fingerprint density at radius 1 is 0.857 bits per heavy atom. The highest BCUT2D eigenvalue weighted by atomic mass is 32.2. The molecule has 0 atom stereocenters. The first-order valence-corrected chi connectivity index (χ1v) is 11.0. The summed E-state index contributed by atoms with van der Waals surface area (Å²) in [7, 11) is 0. The molecule has 2 aromatic carbocycles. The van der Waals surface area contributed by atoms with E-state index in [1.54, 1.807) is 23.5 Å². The molecule has 0 spiro atoms. The number of benzene rings is 2. The van der Waals surface area contributed by atoms with Gasteiger partial charge in [0.05, 0.1) is 11.4 Å². The minimum Gasteiger partial charge on any atom is -0.332 e. The first-order valence-electron chi connectivity index (χ1n) is 9.05. The Morgan fingerprint density at radius 2 is 1.50 bits per heavy atom. The van der Waals surface area contributed by atoms with Gasteiger partial charge in [-0.25, -0.2) is 4.98 Å². The number of hydrogen-bond donors (Lipinski definition) is 1. The van der Waals surface area contributed by atoms with E-state index in [4.69, 9.17) is 4.98 Å². The summed E-state index contributed by atoms with van der Waals surface area (Å²) in [6.45, 7) is 1.93. The van der Waals surface area contributed by atoms with Crippen LogP contribution in [0.2, 0.25) is 0 Å². The third-order valence-electron chi connectivity index (χ3n) is 4.20. The van der Waals surface area contributed by atoms with Crippen LogP contribution in [-0.4, -0.2) is 26.5 Å². The summed E-state index contributed by atoms with van der Waals surface area (Å²) >= 11 is 3.40. The molecule has 0 unspecified atom stereocenters. The van der Waals surface area contributed by atoms with Gasteiger partial charge in [-0.1, -0.05) is 72.4 Å². The molecule has 1 N–H and O–H groups in total. The number of aromatic nitrogens is 2. The maximum absolute atomic E-state index is 4.88. The van der Waals surface area contributed by atoms with Crippen LogP contribution < -0.4 is 0 Å². The number of hydrogen-bond acceptors (Lipinski definition) is 7. The molecule has 4 rings (SSSR count). The minimum atomic E-state index is -0.545. The van der Waals surface area contributed by atoms with Crippen molar-refractivity contribution in [2.45, 2.75) is 23.5 Å². The first-order chi connectivity index (χ1) is 13.7. The van der Waals surface area contributed by atoms with E-state index in [2.05, 4.69) is 49.9 Å². The molecule has 1 aromatic heterocycles. The predicted molar refractivity (Wildman–Crippen MR) is 115 cm³/mol. The second-order valence-electron chi connectivity index (χ2n) is 6.36. The number of nitrogens with one attached hydrogen (secondary N) is 1. The highest BCUT2D eigenvalue weighted by Crippen LogP contribution is 2.34. The van der Waals surface area contributed by atoms with Gasteiger partial charge in [0.25, 0.3) is 0 Å². The van der Waals surface area contributed by atoms with E-state index in [1.807, 2.05) is 43.3 Å². The second-order valence-corrected chi connectivity index (χ2v) is 8.91. The van der Waals surface area contributed by atoms with E-state index in [1.165, 1.54) is 0 Å². The topological polar surface area (TPSA) is 78.1 Å². The summed E-state index contributed by atoms with van der Waals surface area (Å²) in [6.07, 6.45) is 1.03. The third kappa shape index (κ3) is 4.51. The van der Waals surface area contributed by atoms with Crippen molar-refractivity contribution < 1.29 is 0 Å². The summed E-state index contributed by atoms with van der Waals surface area (Å²) in [5.74, 6) is 1.91. The van der Waals surface area contributed by atoms with E-state index < -0.39 is 4.99 Å². The molecule has 0 fully saturated rings. The van der Waals surface area contributed by atoms with Gasteiger partial charge < -0.3 is 4.98 Å². The number of rotatable bonds is 8. The summed E-state index contributed by atoms with van der Waals surface area (Å²) in [5.41, 5.74) is 4.30. The van der Waals surface area contributed by atoms with Gasteiger partial charge in [-0.3, -0.25) is 0 Å². The Labute approximate surface area is 172 Å². The van der Waals surface area contributed by atoms with Gasteiger partial charge in [-0.15, -0.1) is 22.0 Å². The fourth-order valence-corrected chi connectivity index (χ4v) is 4.67. The van der Waals surface area contributed by atoms with E-state index in [0.29, 0.717) is 0 Å². The van der Waals surface area contributed by atoms with Crippen LogP contribution in [0.15, 0.2) is 86.5 Å². The highest BCUT2D eigenvalue weighted by Gasteiger charge is 2.26. The SMILES string of the molecule is CC1(SCCCSc2nc(-c3ccccc3)c(-c3ccccc3)[nH]2)N=NN=N1. The molecule has 0 radical (unpaired) electrons. The van der Waals surface area contributed by atoms with Crippen LogP contribution in [0.1, 0.15) is 13.3 Å². The smallest absolute Gasteiger partial charge is 0.237 e. The summed E-state index contributed by atoms with van der Waals surface area (Å²) in [6, 6.07) is 20.6. The van der Waals surface area contributed by atoms with Gasteiger partial charge in [0, 0.05) is 16.9 Å². The maximum Gasteiger partial charge on any atom is 0.237 e. The second kappa shape index (κ2) is 8.70. The molecule has 3 aromatic rings. The van der Waals surface area contributed by atoms with E-state index in [9.17, 15) is 0 Å². The average molecular weight is 409 g/mol. The summed E-state index contributed by atoms with van der Waals surface area (Å²) in [4.78, 5) is 7.85. The third-order valence-corrected chi connectivity index (χ3v) is 6.36. The molecule has 1 aliphatic rings. The molecule has 142 valence electrons. The Morgan fingerprint density at radius 3 is 2.18 bits per heavy atom. The van der Waals surface area contributed by atoms with Crippen LogP contribution >= 0.6 is 23.5 Å². The van der Waals surface area contributed by atoms with Crippen LogP contribution in [0.25, 0.3) is 22.5 Å². The van der Waals surface area contributed by atoms with Crippen molar-refractivity contribution in [3.63, 3.8) is 0 Å². The molecular weight excluding hydrogens is 388 g/mol. The zero-order valence-electron chi connectivity index (χ0n) is 15.4. The van der Waals surface area contributed by atoms with Crippen LogP contribution in [-0.2, 0) is 0 Å². The van der Waals surface area contributed by atoms with Crippen LogP contribution in [0.5, 0.6) is 0 Å². The fraction of sp³-hybridized carbons (Fsp3) is 0.250. The van der Waals surface area contributed by atoms with Gasteiger partial charge in [0.1, 0.15) is 0 Å². The largest absolute Gasteiger partial charge is 0.332 e. The Hall–Kier alpha value is -2.45. The monoisotopic (exact) mass is 408 g/mol. The van der Waals surface area contributed by atoms with Crippen LogP contribution in [0.3, 0.4) is 0 Å². The molecule has 1 aliphatic heterocycles. The first kappa shape index (κ1) is 18.9. The van der Waals surface area contributed by atoms with Crippen molar-refractivity contribution in [3.05, 3.63) is 60.7 Å². The predicted octanol–water partition coefficient (Wildman–Crippen LogP) is 6.47. The average Bonchev–Trinajstić information content (AvgIpc) is 3.36. The number of nitrogens with zero attached hydrogens (tertiary/aromatic N) is 5. The van der Waals surface area contributed by atoms with Crippen molar-refractivity contribution >= 4 is 23.5 Å².